The summed E-state index contributed by atoms with van der Waals surface area (Å²) in [6, 6.07) is 41.9. The maximum Gasteiger partial charge on any atom is 0.242 e. The molecule has 6 aromatic carbocycles. The van der Waals surface area contributed by atoms with Crippen molar-refractivity contribution < 1.29 is 0 Å². The van der Waals surface area contributed by atoms with Crippen LogP contribution in [0.5, 0.6) is 0 Å². The molecular formula is C44H43B. The zero-order valence-electron chi connectivity index (χ0n) is 28.0. The molecule has 45 heavy (non-hydrogen) atoms. The first-order chi connectivity index (χ1) is 21.7. The molecular weight excluding hydrogens is 539 g/mol. The first-order valence-electron chi connectivity index (χ1n) is 16.2. The summed E-state index contributed by atoms with van der Waals surface area (Å²) in [6.07, 6.45) is 0. The first-order valence-corrected chi connectivity index (χ1v) is 16.2. The third kappa shape index (κ3) is 5.36. The van der Waals surface area contributed by atoms with E-state index in [1.807, 2.05) is 0 Å². The van der Waals surface area contributed by atoms with Gasteiger partial charge in [-0.1, -0.05) is 154 Å². The average Bonchev–Trinajstić information content (AvgIpc) is 3.07. The Balaban J connectivity index is 1.64. The lowest BCUT2D eigenvalue weighted by Crippen LogP contribution is -2.56. The quantitative estimate of drug-likeness (QED) is 0.172. The van der Waals surface area contributed by atoms with Gasteiger partial charge in [-0.2, -0.15) is 0 Å². The second-order valence-electron chi connectivity index (χ2n) is 12.7. The zero-order valence-corrected chi connectivity index (χ0v) is 28.0. The molecule has 0 aliphatic carbocycles. The van der Waals surface area contributed by atoms with Gasteiger partial charge in [0.15, 0.2) is 0 Å². The van der Waals surface area contributed by atoms with Crippen molar-refractivity contribution in [2.75, 3.05) is 0 Å². The van der Waals surface area contributed by atoms with Crippen molar-refractivity contribution in [1.29, 1.82) is 0 Å². The van der Waals surface area contributed by atoms with Gasteiger partial charge >= 0.3 is 0 Å². The van der Waals surface area contributed by atoms with Gasteiger partial charge in [0.05, 0.1) is 0 Å². The lowest BCUT2D eigenvalue weighted by atomic mass is 9.33. The third-order valence-electron chi connectivity index (χ3n) is 10.4. The molecule has 0 aliphatic rings. The van der Waals surface area contributed by atoms with E-state index in [-0.39, 0.29) is 6.71 Å². The van der Waals surface area contributed by atoms with Crippen LogP contribution in [0.3, 0.4) is 0 Å². The molecule has 0 aliphatic heterocycles. The normalized spacial score (nSPS) is 11.1. The lowest BCUT2D eigenvalue weighted by Gasteiger charge is -2.30. The van der Waals surface area contributed by atoms with Crippen LogP contribution in [-0.4, -0.2) is 6.71 Å². The van der Waals surface area contributed by atoms with Gasteiger partial charge in [0.25, 0.3) is 0 Å². The zero-order chi connectivity index (χ0) is 31.8. The predicted octanol–water partition coefficient (Wildman–Crippen LogP) is 9.67. The Hall–Kier alpha value is -4.62. The smallest absolute Gasteiger partial charge is 0.0686 e. The Morgan fingerprint density at radius 2 is 0.578 bits per heavy atom. The van der Waals surface area contributed by atoms with Gasteiger partial charge in [0.2, 0.25) is 6.71 Å². The Morgan fingerprint density at radius 1 is 0.289 bits per heavy atom. The highest BCUT2D eigenvalue weighted by Gasteiger charge is 2.32. The van der Waals surface area contributed by atoms with Crippen LogP contribution in [0.1, 0.15) is 44.5 Å². The molecule has 0 heterocycles. The molecule has 0 saturated heterocycles. The van der Waals surface area contributed by atoms with Gasteiger partial charge in [-0.05, 0) is 111 Å². The molecule has 222 valence electrons. The largest absolute Gasteiger partial charge is 0.242 e. The molecule has 0 amide bonds. The van der Waals surface area contributed by atoms with E-state index in [1.165, 1.54) is 94.3 Å². The van der Waals surface area contributed by atoms with Crippen molar-refractivity contribution in [3.63, 3.8) is 0 Å². The van der Waals surface area contributed by atoms with Gasteiger partial charge < -0.3 is 0 Å². The Morgan fingerprint density at radius 3 is 0.911 bits per heavy atom. The molecule has 0 spiro atoms. The van der Waals surface area contributed by atoms with E-state index in [0.29, 0.717) is 0 Å². The van der Waals surface area contributed by atoms with Gasteiger partial charge in [0.1, 0.15) is 0 Å². The molecule has 0 nitrogen and oxygen atoms in total. The standard InChI is InChI=1S/C44H43B/c1-28-32(5)43(33(6)29(2)41(28)38-20-14-10-15-21-38)45(40-26-24-37(25-27-40)36-18-12-9-13-19-36)44-34(7)30(3)42(31(4)35(44)8)39-22-16-11-17-23-39/h9-27H,1-8H3. The summed E-state index contributed by atoms with van der Waals surface area (Å²) in [5.41, 5.74) is 23.1. The summed E-state index contributed by atoms with van der Waals surface area (Å²) in [5, 5.41) is 0. The number of rotatable bonds is 6. The minimum Gasteiger partial charge on any atom is -0.0686 e. The topological polar surface area (TPSA) is 0 Å². The van der Waals surface area contributed by atoms with Crippen molar-refractivity contribution >= 4 is 23.1 Å². The van der Waals surface area contributed by atoms with E-state index < -0.39 is 0 Å². The Kier molecular flexibility index (Phi) is 8.39. The summed E-state index contributed by atoms with van der Waals surface area (Å²) in [4.78, 5) is 0. The second-order valence-corrected chi connectivity index (χ2v) is 12.7. The van der Waals surface area contributed by atoms with E-state index in [1.54, 1.807) is 0 Å². The number of hydrogen-bond acceptors (Lipinski definition) is 0. The molecule has 0 radical (unpaired) electrons. The van der Waals surface area contributed by atoms with E-state index >= 15 is 0 Å². The second kappa shape index (κ2) is 12.4. The fraction of sp³-hybridized carbons (Fsp3) is 0.182. The van der Waals surface area contributed by atoms with Crippen LogP contribution in [0.2, 0.25) is 0 Å². The number of hydrogen-bond donors (Lipinski definition) is 0. The summed E-state index contributed by atoms with van der Waals surface area (Å²) in [5.74, 6) is 0. The van der Waals surface area contributed by atoms with Crippen molar-refractivity contribution in [3.8, 4) is 33.4 Å². The maximum atomic E-state index is 2.37. The summed E-state index contributed by atoms with van der Waals surface area (Å²) in [7, 11) is 0. The van der Waals surface area contributed by atoms with Crippen LogP contribution >= 0.6 is 0 Å². The van der Waals surface area contributed by atoms with Crippen LogP contribution in [0.25, 0.3) is 33.4 Å². The van der Waals surface area contributed by atoms with Crippen molar-refractivity contribution in [3.05, 3.63) is 160 Å². The van der Waals surface area contributed by atoms with E-state index in [0.717, 1.165) is 0 Å². The van der Waals surface area contributed by atoms with Gasteiger partial charge in [0, 0.05) is 0 Å². The van der Waals surface area contributed by atoms with Crippen molar-refractivity contribution in [1.82, 2.24) is 0 Å². The average molecular weight is 583 g/mol. The molecule has 1 heteroatoms. The number of benzene rings is 6. The van der Waals surface area contributed by atoms with Crippen molar-refractivity contribution in [2.24, 2.45) is 0 Å². The molecule has 0 unspecified atom stereocenters. The highest BCUT2D eigenvalue weighted by Crippen LogP contribution is 2.33. The fourth-order valence-electron chi connectivity index (χ4n) is 7.60. The highest BCUT2D eigenvalue weighted by atomic mass is 14.2. The SMILES string of the molecule is Cc1c(C)c(-c2ccccc2)c(C)c(C)c1B(c1ccc(-c2ccccc2)cc1)c1c(C)c(C)c(-c2ccccc2)c(C)c1C. The van der Waals surface area contributed by atoms with Crippen LogP contribution in [0, 0.1) is 55.4 Å². The van der Waals surface area contributed by atoms with Crippen molar-refractivity contribution in [2.45, 2.75) is 55.4 Å². The van der Waals surface area contributed by atoms with Gasteiger partial charge in [-0.3, -0.25) is 0 Å². The minimum absolute atomic E-state index is 0.110. The summed E-state index contributed by atoms with van der Waals surface area (Å²) >= 11 is 0. The van der Waals surface area contributed by atoms with Crippen LogP contribution in [0.4, 0.5) is 0 Å². The first kappa shape index (κ1) is 30.4. The lowest BCUT2D eigenvalue weighted by molar-refractivity contribution is 1.26. The monoisotopic (exact) mass is 582 g/mol. The summed E-state index contributed by atoms with van der Waals surface area (Å²) < 4.78 is 0. The minimum atomic E-state index is 0.110. The molecule has 0 N–H and O–H groups in total. The molecule has 6 rings (SSSR count). The molecule has 0 atom stereocenters. The van der Waals surface area contributed by atoms with Crippen LogP contribution < -0.4 is 16.4 Å². The van der Waals surface area contributed by atoms with Crippen LogP contribution in [0.15, 0.2) is 115 Å². The predicted molar refractivity (Wildman–Crippen MR) is 198 cm³/mol. The third-order valence-corrected chi connectivity index (χ3v) is 10.4. The van der Waals surface area contributed by atoms with E-state index in [2.05, 4.69) is 171 Å². The summed E-state index contributed by atoms with van der Waals surface area (Å²) in [6.45, 7) is 18.8. The molecule has 0 saturated carbocycles. The Bertz CT molecular complexity index is 1820. The molecule has 0 bridgehead atoms. The highest BCUT2D eigenvalue weighted by molar-refractivity contribution is 6.96. The van der Waals surface area contributed by atoms with Gasteiger partial charge in [-0.15, -0.1) is 0 Å². The Labute approximate surface area is 270 Å². The molecule has 0 aromatic heterocycles. The molecule has 0 fully saturated rings. The molecule has 6 aromatic rings. The van der Waals surface area contributed by atoms with E-state index in [4.69, 9.17) is 0 Å². The maximum absolute atomic E-state index is 2.37. The van der Waals surface area contributed by atoms with Gasteiger partial charge in [-0.25, -0.2) is 0 Å². The van der Waals surface area contributed by atoms with Crippen LogP contribution in [-0.2, 0) is 0 Å². The fourth-order valence-corrected chi connectivity index (χ4v) is 7.60. The van der Waals surface area contributed by atoms with E-state index in [9.17, 15) is 0 Å².